The molecule has 0 saturated carbocycles. The number of ether oxygens (including phenoxy) is 1. The fourth-order valence-electron chi connectivity index (χ4n) is 5.00. The topological polar surface area (TPSA) is 95.0 Å². The van der Waals surface area contributed by atoms with Crippen LogP contribution in [0.4, 0.5) is 9.93 Å². The molecule has 1 fully saturated rings. The summed E-state index contributed by atoms with van der Waals surface area (Å²) in [5.74, 6) is -0.807. The lowest BCUT2D eigenvalue weighted by Crippen LogP contribution is -2.44. The van der Waals surface area contributed by atoms with E-state index in [1.807, 2.05) is 22.4 Å². The number of morpholine rings is 1. The fraction of sp³-hybridized carbons (Fsp3) is 0.281. The summed E-state index contributed by atoms with van der Waals surface area (Å²) in [6.45, 7) is 5.11. The van der Waals surface area contributed by atoms with Gasteiger partial charge in [0.1, 0.15) is 0 Å². The maximum absolute atomic E-state index is 13.6. The van der Waals surface area contributed by atoms with Crippen molar-refractivity contribution in [1.82, 2.24) is 14.8 Å². The largest absolute Gasteiger partial charge is 0.478 e. The molecule has 8 nitrogen and oxygen atoms in total. The highest BCUT2D eigenvalue weighted by Gasteiger charge is 2.21. The zero-order valence-corrected chi connectivity index (χ0v) is 23.6. The van der Waals surface area contributed by atoms with Crippen molar-refractivity contribution < 1.29 is 19.4 Å². The van der Waals surface area contributed by atoms with Crippen LogP contribution in [0.15, 0.2) is 90.3 Å². The Morgan fingerprint density at radius 1 is 0.927 bits per heavy atom. The Kier molecular flexibility index (Phi) is 9.74. The Hall–Kier alpha value is -4.05. The Morgan fingerprint density at radius 2 is 1.56 bits per heavy atom. The van der Waals surface area contributed by atoms with Crippen LogP contribution < -0.4 is 5.32 Å². The number of carbonyl (C=O) groups is 2. The molecular formula is C32H34N4O4S. The van der Waals surface area contributed by atoms with Gasteiger partial charge in [-0.25, -0.2) is 14.6 Å². The maximum Gasteiger partial charge on any atom is 0.335 e. The van der Waals surface area contributed by atoms with E-state index in [4.69, 9.17) is 9.84 Å². The van der Waals surface area contributed by atoms with Gasteiger partial charge in [0.05, 0.1) is 24.5 Å². The number of thiazole rings is 1. The van der Waals surface area contributed by atoms with Gasteiger partial charge in [0.2, 0.25) is 0 Å². The van der Waals surface area contributed by atoms with Crippen LogP contribution in [0.3, 0.4) is 0 Å². The first-order chi connectivity index (χ1) is 20.1. The molecule has 0 unspecified atom stereocenters. The zero-order chi connectivity index (χ0) is 28.4. The summed E-state index contributed by atoms with van der Waals surface area (Å²) < 4.78 is 5.50. The first kappa shape index (κ1) is 28.5. The predicted octanol–water partition coefficient (Wildman–Crippen LogP) is 5.90. The monoisotopic (exact) mass is 570 g/mol. The second kappa shape index (κ2) is 14.0. The van der Waals surface area contributed by atoms with Gasteiger partial charge in [0.25, 0.3) is 0 Å². The van der Waals surface area contributed by atoms with E-state index in [0.29, 0.717) is 37.1 Å². The van der Waals surface area contributed by atoms with Crippen molar-refractivity contribution in [2.75, 3.05) is 51.3 Å². The van der Waals surface area contributed by atoms with E-state index in [1.165, 1.54) is 22.5 Å². The molecule has 2 N–H and O–H groups in total. The molecule has 1 aromatic heterocycles. The Morgan fingerprint density at radius 3 is 2.17 bits per heavy atom. The van der Waals surface area contributed by atoms with Crippen LogP contribution >= 0.6 is 11.3 Å². The van der Waals surface area contributed by atoms with Crippen LogP contribution in [0.2, 0.25) is 0 Å². The number of nitrogens with zero attached hydrogens (tertiary/aromatic N) is 3. The molecule has 0 aliphatic carbocycles. The number of rotatable bonds is 11. The summed E-state index contributed by atoms with van der Waals surface area (Å²) in [6.07, 6.45) is 0.781. The third-order valence-corrected chi connectivity index (χ3v) is 8.07. The fourth-order valence-corrected chi connectivity index (χ4v) is 5.71. The number of nitrogens with one attached hydrogen (secondary N) is 1. The van der Waals surface area contributed by atoms with Gasteiger partial charge in [-0.05, 0) is 29.7 Å². The van der Waals surface area contributed by atoms with Crippen molar-refractivity contribution in [2.24, 2.45) is 0 Å². The molecule has 2 heterocycles. The van der Waals surface area contributed by atoms with Gasteiger partial charge in [0.15, 0.2) is 5.13 Å². The lowest BCUT2D eigenvalue weighted by molar-refractivity contribution is 0.0351. The first-order valence-corrected chi connectivity index (χ1v) is 14.7. The molecule has 0 spiro atoms. The summed E-state index contributed by atoms with van der Waals surface area (Å²) in [7, 11) is 0. The minimum absolute atomic E-state index is 0.163. The molecule has 0 bridgehead atoms. The number of hydrogen-bond acceptors (Lipinski definition) is 6. The van der Waals surface area contributed by atoms with E-state index in [9.17, 15) is 9.59 Å². The third kappa shape index (κ3) is 7.79. The van der Waals surface area contributed by atoms with Gasteiger partial charge >= 0.3 is 12.0 Å². The van der Waals surface area contributed by atoms with Gasteiger partial charge in [-0.15, -0.1) is 11.3 Å². The van der Waals surface area contributed by atoms with Crippen LogP contribution in [0.1, 0.15) is 33.8 Å². The van der Waals surface area contributed by atoms with Crippen molar-refractivity contribution in [3.05, 3.63) is 107 Å². The van der Waals surface area contributed by atoms with E-state index in [-0.39, 0.29) is 17.5 Å². The second-order valence-corrected chi connectivity index (χ2v) is 10.8. The second-order valence-electron chi connectivity index (χ2n) is 9.95. The van der Waals surface area contributed by atoms with Gasteiger partial charge in [0, 0.05) is 49.6 Å². The van der Waals surface area contributed by atoms with Crippen molar-refractivity contribution in [1.29, 1.82) is 0 Å². The highest BCUT2D eigenvalue weighted by Crippen LogP contribution is 2.29. The molecule has 5 rings (SSSR count). The van der Waals surface area contributed by atoms with Crippen LogP contribution in [0.5, 0.6) is 0 Å². The smallest absolute Gasteiger partial charge is 0.335 e. The summed E-state index contributed by atoms with van der Waals surface area (Å²) in [6, 6.07) is 27.3. The molecule has 1 aliphatic rings. The molecule has 2 amide bonds. The molecule has 41 heavy (non-hydrogen) atoms. The summed E-state index contributed by atoms with van der Waals surface area (Å²) in [5, 5.41) is 14.5. The lowest BCUT2D eigenvalue weighted by atomic mass is 9.88. The normalized spacial score (nSPS) is 13.7. The molecule has 212 valence electrons. The van der Waals surface area contributed by atoms with Gasteiger partial charge in [-0.1, -0.05) is 72.8 Å². The van der Waals surface area contributed by atoms with Crippen LogP contribution in [0, 0.1) is 0 Å². The van der Waals surface area contributed by atoms with Crippen molar-refractivity contribution in [2.45, 2.75) is 12.3 Å². The van der Waals surface area contributed by atoms with E-state index in [2.05, 4.69) is 63.7 Å². The number of hydrogen-bond donors (Lipinski definition) is 2. The molecule has 9 heteroatoms. The maximum atomic E-state index is 13.6. The average Bonchev–Trinajstić information content (AvgIpc) is 3.48. The molecule has 0 radical (unpaired) electrons. The molecule has 4 aromatic rings. The Labute approximate surface area is 244 Å². The number of aromatic nitrogens is 1. The van der Waals surface area contributed by atoms with Gasteiger partial charge < -0.3 is 14.7 Å². The zero-order valence-electron chi connectivity index (χ0n) is 22.8. The minimum atomic E-state index is -0.971. The number of carboxylic acid groups (broad SMARTS) is 1. The molecule has 3 aromatic carbocycles. The van der Waals surface area contributed by atoms with E-state index in [0.717, 1.165) is 31.6 Å². The highest BCUT2D eigenvalue weighted by molar-refractivity contribution is 7.14. The Bertz CT molecular complexity index is 1370. The molecule has 1 saturated heterocycles. The van der Waals surface area contributed by atoms with Crippen molar-refractivity contribution in [3.63, 3.8) is 0 Å². The number of urea groups is 1. The highest BCUT2D eigenvalue weighted by atomic mass is 32.1. The van der Waals surface area contributed by atoms with Crippen molar-refractivity contribution >= 4 is 28.5 Å². The first-order valence-electron chi connectivity index (χ1n) is 13.8. The van der Waals surface area contributed by atoms with Gasteiger partial charge in [-0.3, -0.25) is 10.2 Å². The Balaban J connectivity index is 1.30. The number of amides is 2. The molecule has 0 atom stereocenters. The van der Waals surface area contributed by atoms with E-state index in [1.54, 1.807) is 24.3 Å². The SMILES string of the molecule is O=C(O)c1ccc(-c2csc(NC(=O)N(CCC(c3ccccc3)c3ccccc3)CCN3CCOCC3)n2)cc1. The predicted molar refractivity (Wildman–Crippen MR) is 162 cm³/mol. The average molecular weight is 571 g/mol. The summed E-state index contributed by atoms with van der Waals surface area (Å²) >= 11 is 1.35. The standard InChI is InChI=1S/C32H34N4O4S/c37-30(38)27-13-11-26(12-14-27)29-23-41-31(33-29)34-32(39)36(18-17-35-19-21-40-22-20-35)16-15-28(24-7-3-1-4-8-24)25-9-5-2-6-10-25/h1-14,23,28H,15-22H2,(H,37,38)(H,33,34,39). The number of aromatic carboxylic acids is 1. The van der Waals surface area contributed by atoms with Crippen LogP contribution in [-0.4, -0.2) is 77.8 Å². The van der Waals surface area contributed by atoms with Crippen molar-refractivity contribution in [3.8, 4) is 11.3 Å². The third-order valence-electron chi connectivity index (χ3n) is 7.31. The number of carbonyl (C=O) groups excluding carboxylic acids is 1. The number of benzene rings is 3. The van der Waals surface area contributed by atoms with E-state index >= 15 is 0 Å². The van der Waals surface area contributed by atoms with Crippen LogP contribution in [0.25, 0.3) is 11.3 Å². The summed E-state index contributed by atoms with van der Waals surface area (Å²) in [4.78, 5) is 33.6. The number of carboxylic acids is 1. The number of anilines is 1. The molecular weight excluding hydrogens is 536 g/mol. The van der Waals surface area contributed by atoms with Crippen LogP contribution in [-0.2, 0) is 4.74 Å². The molecule has 1 aliphatic heterocycles. The van der Waals surface area contributed by atoms with E-state index < -0.39 is 5.97 Å². The quantitative estimate of drug-likeness (QED) is 0.233. The van der Waals surface area contributed by atoms with Gasteiger partial charge in [-0.2, -0.15) is 0 Å². The minimum Gasteiger partial charge on any atom is -0.478 e. The lowest BCUT2D eigenvalue weighted by Gasteiger charge is -2.31. The summed E-state index contributed by atoms with van der Waals surface area (Å²) in [5.41, 5.74) is 4.16.